The number of ether oxygens (including phenoxy) is 1. The largest absolute Gasteiger partial charge is 0.496 e. The van der Waals surface area contributed by atoms with Crippen molar-refractivity contribution < 1.29 is 13.7 Å². The number of furan rings is 1. The number of rotatable bonds is 6. The van der Waals surface area contributed by atoms with E-state index in [1.54, 1.807) is 19.6 Å². The van der Waals surface area contributed by atoms with Gasteiger partial charge in [-0.1, -0.05) is 23.4 Å². The van der Waals surface area contributed by atoms with Crippen LogP contribution in [0.5, 0.6) is 5.75 Å². The first-order valence-corrected chi connectivity index (χ1v) is 8.87. The standard InChI is InChI=1S/C21H20N4O3/c1-13-14(2)25-28-20(13)16-12-23-21(24-19(16)18-9-6-10-27-18)22-11-15-7-4-5-8-17(15)26-3/h4-10,12H,11H2,1-3H3,(H,22,23,24). The molecule has 0 unspecified atom stereocenters. The molecule has 4 rings (SSSR count). The van der Waals surface area contributed by atoms with Crippen molar-refractivity contribution in [1.29, 1.82) is 0 Å². The molecule has 0 atom stereocenters. The third-order valence-electron chi connectivity index (χ3n) is 4.57. The SMILES string of the molecule is COc1ccccc1CNc1ncc(-c2onc(C)c2C)c(-c2ccco2)n1. The number of benzene rings is 1. The van der Waals surface area contributed by atoms with Crippen molar-refractivity contribution in [3.63, 3.8) is 0 Å². The van der Waals surface area contributed by atoms with Gasteiger partial charge in [-0.05, 0) is 32.0 Å². The average Bonchev–Trinajstić information content (AvgIpc) is 3.37. The van der Waals surface area contributed by atoms with Crippen LogP contribution in [0.15, 0.2) is 57.8 Å². The van der Waals surface area contributed by atoms with Crippen molar-refractivity contribution in [2.75, 3.05) is 12.4 Å². The first kappa shape index (κ1) is 17.8. The van der Waals surface area contributed by atoms with Gasteiger partial charge >= 0.3 is 0 Å². The Hall–Kier alpha value is -3.61. The fraction of sp³-hybridized carbons (Fsp3) is 0.190. The summed E-state index contributed by atoms with van der Waals surface area (Å²) in [7, 11) is 1.65. The number of nitrogens with zero attached hydrogens (tertiary/aromatic N) is 3. The molecule has 0 aliphatic rings. The molecule has 0 fully saturated rings. The van der Waals surface area contributed by atoms with Gasteiger partial charge in [0.25, 0.3) is 0 Å². The van der Waals surface area contributed by atoms with Crippen molar-refractivity contribution in [3.8, 4) is 28.5 Å². The quantitative estimate of drug-likeness (QED) is 0.525. The molecular formula is C21H20N4O3. The molecule has 0 saturated carbocycles. The summed E-state index contributed by atoms with van der Waals surface area (Å²) in [6.45, 7) is 4.39. The molecule has 0 aliphatic heterocycles. The second-order valence-corrected chi connectivity index (χ2v) is 6.32. The summed E-state index contributed by atoms with van der Waals surface area (Å²) >= 11 is 0. The maximum atomic E-state index is 5.58. The third kappa shape index (κ3) is 3.34. The van der Waals surface area contributed by atoms with Crippen molar-refractivity contribution in [1.82, 2.24) is 15.1 Å². The highest BCUT2D eigenvalue weighted by Crippen LogP contribution is 2.34. The fourth-order valence-corrected chi connectivity index (χ4v) is 2.92. The van der Waals surface area contributed by atoms with E-state index in [4.69, 9.17) is 13.7 Å². The summed E-state index contributed by atoms with van der Waals surface area (Å²) in [6, 6.07) is 11.5. The zero-order valence-electron chi connectivity index (χ0n) is 15.9. The van der Waals surface area contributed by atoms with Gasteiger partial charge in [0.15, 0.2) is 11.5 Å². The highest BCUT2D eigenvalue weighted by molar-refractivity contribution is 5.77. The van der Waals surface area contributed by atoms with E-state index in [0.717, 1.165) is 28.1 Å². The Labute approximate surface area is 162 Å². The Bertz CT molecular complexity index is 1090. The molecule has 4 aromatic rings. The number of aryl methyl sites for hydroxylation is 1. The molecular weight excluding hydrogens is 356 g/mol. The van der Waals surface area contributed by atoms with E-state index in [1.807, 2.05) is 50.2 Å². The van der Waals surface area contributed by atoms with Crippen molar-refractivity contribution in [2.24, 2.45) is 0 Å². The van der Waals surface area contributed by atoms with Gasteiger partial charge < -0.3 is 19.0 Å². The van der Waals surface area contributed by atoms with E-state index < -0.39 is 0 Å². The highest BCUT2D eigenvalue weighted by atomic mass is 16.5. The Morgan fingerprint density at radius 2 is 1.96 bits per heavy atom. The number of aromatic nitrogens is 3. The molecule has 28 heavy (non-hydrogen) atoms. The van der Waals surface area contributed by atoms with Crippen LogP contribution in [-0.4, -0.2) is 22.2 Å². The monoisotopic (exact) mass is 376 g/mol. The fourth-order valence-electron chi connectivity index (χ4n) is 2.92. The predicted octanol–water partition coefficient (Wildman–Crippen LogP) is 4.63. The zero-order chi connectivity index (χ0) is 19.5. The van der Waals surface area contributed by atoms with Gasteiger partial charge in [-0.2, -0.15) is 0 Å². The lowest BCUT2D eigenvalue weighted by Gasteiger charge is -2.11. The summed E-state index contributed by atoms with van der Waals surface area (Å²) < 4.78 is 16.5. The predicted molar refractivity (Wildman–Crippen MR) is 105 cm³/mol. The lowest BCUT2D eigenvalue weighted by molar-refractivity contribution is 0.410. The van der Waals surface area contributed by atoms with E-state index >= 15 is 0 Å². The van der Waals surface area contributed by atoms with E-state index in [9.17, 15) is 0 Å². The number of hydrogen-bond donors (Lipinski definition) is 1. The van der Waals surface area contributed by atoms with Gasteiger partial charge in [0.05, 0.1) is 24.6 Å². The number of nitrogens with one attached hydrogen (secondary N) is 1. The summed E-state index contributed by atoms with van der Waals surface area (Å²) in [6.07, 6.45) is 3.34. The first-order valence-electron chi connectivity index (χ1n) is 8.87. The Morgan fingerprint density at radius 1 is 1.11 bits per heavy atom. The second-order valence-electron chi connectivity index (χ2n) is 6.32. The van der Waals surface area contributed by atoms with E-state index in [2.05, 4.69) is 20.4 Å². The third-order valence-corrected chi connectivity index (χ3v) is 4.57. The number of methoxy groups -OCH3 is 1. The molecule has 0 spiro atoms. The summed E-state index contributed by atoms with van der Waals surface area (Å²) in [5.74, 6) is 2.56. The van der Waals surface area contributed by atoms with Crippen LogP contribution in [0.2, 0.25) is 0 Å². The number of hydrogen-bond acceptors (Lipinski definition) is 7. The van der Waals surface area contributed by atoms with Gasteiger partial charge in [-0.15, -0.1) is 0 Å². The second kappa shape index (κ2) is 7.56. The molecule has 0 saturated heterocycles. The van der Waals surface area contributed by atoms with Gasteiger partial charge in [0.1, 0.15) is 11.4 Å². The normalized spacial score (nSPS) is 10.8. The summed E-state index contributed by atoms with van der Waals surface area (Å²) in [4.78, 5) is 9.12. The topological polar surface area (TPSA) is 86.2 Å². The van der Waals surface area contributed by atoms with Crippen LogP contribution in [0, 0.1) is 13.8 Å². The molecule has 142 valence electrons. The van der Waals surface area contributed by atoms with Crippen LogP contribution in [0.4, 0.5) is 5.95 Å². The highest BCUT2D eigenvalue weighted by Gasteiger charge is 2.20. The smallest absolute Gasteiger partial charge is 0.223 e. The minimum absolute atomic E-state index is 0.481. The van der Waals surface area contributed by atoms with Crippen molar-refractivity contribution >= 4 is 5.95 Å². The van der Waals surface area contributed by atoms with Crippen LogP contribution in [0.25, 0.3) is 22.8 Å². The summed E-state index contributed by atoms with van der Waals surface area (Å²) in [5, 5.41) is 7.29. The lowest BCUT2D eigenvalue weighted by Crippen LogP contribution is -2.06. The zero-order valence-corrected chi connectivity index (χ0v) is 15.9. The Balaban J connectivity index is 1.69. The minimum Gasteiger partial charge on any atom is -0.496 e. The molecule has 0 amide bonds. The first-order chi connectivity index (χ1) is 13.7. The molecule has 1 N–H and O–H groups in total. The minimum atomic E-state index is 0.481. The van der Waals surface area contributed by atoms with Crippen LogP contribution < -0.4 is 10.1 Å². The summed E-state index contributed by atoms with van der Waals surface area (Å²) in [5.41, 5.74) is 4.17. The van der Waals surface area contributed by atoms with Gasteiger partial charge in [0, 0.05) is 23.9 Å². The van der Waals surface area contributed by atoms with Crippen LogP contribution in [0.1, 0.15) is 16.8 Å². The van der Waals surface area contributed by atoms with E-state index in [0.29, 0.717) is 29.7 Å². The van der Waals surface area contributed by atoms with Gasteiger partial charge in [0.2, 0.25) is 5.95 Å². The average molecular weight is 376 g/mol. The molecule has 0 bridgehead atoms. The Morgan fingerprint density at radius 3 is 2.68 bits per heavy atom. The van der Waals surface area contributed by atoms with Gasteiger partial charge in [-0.3, -0.25) is 0 Å². The molecule has 7 heteroatoms. The molecule has 3 aromatic heterocycles. The molecule has 0 aliphatic carbocycles. The molecule has 0 radical (unpaired) electrons. The maximum Gasteiger partial charge on any atom is 0.223 e. The van der Waals surface area contributed by atoms with E-state index in [-0.39, 0.29) is 0 Å². The maximum absolute atomic E-state index is 5.58. The Kier molecular flexibility index (Phi) is 4.80. The van der Waals surface area contributed by atoms with Crippen LogP contribution in [0.3, 0.4) is 0 Å². The number of anilines is 1. The molecule has 3 heterocycles. The van der Waals surface area contributed by atoms with Crippen LogP contribution in [-0.2, 0) is 6.54 Å². The van der Waals surface area contributed by atoms with Crippen molar-refractivity contribution in [2.45, 2.75) is 20.4 Å². The van der Waals surface area contributed by atoms with Crippen LogP contribution >= 0.6 is 0 Å². The molecule has 1 aromatic carbocycles. The lowest BCUT2D eigenvalue weighted by atomic mass is 10.1. The van der Waals surface area contributed by atoms with Crippen molar-refractivity contribution in [3.05, 3.63) is 65.7 Å². The molecule has 7 nitrogen and oxygen atoms in total. The van der Waals surface area contributed by atoms with E-state index in [1.165, 1.54) is 0 Å². The van der Waals surface area contributed by atoms with Gasteiger partial charge in [-0.25, -0.2) is 9.97 Å². The number of para-hydroxylation sites is 1.